The Morgan fingerprint density at radius 1 is 1.61 bits per heavy atom. The third-order valence-corrected chi connectivity index (χ3v) is 3.82. The summed E-state index contributed by atoms with van der Waals surface area (Å²) >= 11 is 3.34. The second-order valence-electron chi connectivity index (χ2n) is 4.61. The first-order chi connectivity index (χ1) is 8.74. The number of furan rings is 1. The summed E-state index contributed by atoms with van der Waals surface area (Å²) in [6, 6.07) is 4.06. The fourth-order valence-electron chi connectivity index (χ4n) is 2.57. The monoisotopic (exact) mass is 316 g/mol. The topological polar surface area (TPSA) is 51.6 Å². The second kappa shape index (κ2) is 6.70. The van der Waals surface area contributed by atoms with E-state index in [1.807, 2.05) is 19.1 Å². The first-order valence-electron chi connectivity index (χ1n) is 6.55. The molecule has 1 aromatic heterocycles. The molecule has 2 rings (SSSR count). The van der Waals surface area contributed by atoms with E-state index in [4.69, 9.17) is 14.9 Å². The molecule has 5 heteroatoms. The van der Waals surface area contributed by atoms with Gasteiger partial charge in [-0.1, -0.05) is 0 Å². The maximum absolute atomic E-state index is 5.91. The lowest BCUT2D eigenvalue weighted by Crippen LogP contribution is -2.43. The van der Waals surface area contributed by atoms with Crippen molar-refractivity contribution in [3.05, 3.63) is 22.6 Å². The number of ether oxygens (including phenoxy) is 1. The van der Waals surface area contributed by atoms with Crippen LogP contribution >= 0.6 is 15.9 Å². The number of hydrogen-bond acceptors (Lipinski definition) is 4. The number of likely N-dealkylation sites (tertiary alicyclic amines) is 1. The van der Waals surface area contributed by atoms with Crippen molar-refractivity contribution in [1.29, 1.82) is 0 Å². The Balaban J connectivity index is 2.03. The Kier molecular flexibility index (Phi) is 5.24. The Morgan fingerprint density at radius 3 is 3.06 bits per heavy atom. The Hall–Kier alpha value is -0.360. The van der Waals surface area contributed by atoms with Crippen molar-refractivity contribution >= 4 is 15.9 Å². The van der Waals surface area contributed by atoms with Crippen molar-refractivity contribution in [3.8, 4) is 0 Å². The fourth-order valence-corrected chi connectivity index (χ4v) is 2.89. The first kappa shape index (κ1) is 14.1. The highest BCUT2D eigenvalue weighted by atomic mass is 79.9. The molecule has 1 fully saturated rings. The van der Waals surface area contributed by atoms with Crippen LogP contribution < -0.4 is 5.73 Å². The molecule has 1 aliphatic rings. The summed E-state index contributed by atoms with van der Waals surface area (Å²) in [7, 11) is 0. The minimum absolute atomic E-state index is 0.152. The van der Waals surface area contributed by atoms with E-state index in [0.29, 0.717) is 12.6 Å². The van der Waals surface area contributed by atoms with E-state index in [2.05, 4.69) is 20.8 Å². The summed E-state index contributed by atoms with van der Waals surface area (Å²) in [5.74, 6) is 0.932. The molecule has 0 spiro atoms. The van der Waals surface area contributed by atoms with Gasteiger partial charge in [0.2, 0.25) is 0 Å². The van der Waals surface area contributed by atoms with Crippen molar-refractivity contribution < 1.29 is 9.15 Å². The van der Waals surface area contributed by atoms with E-state index in [1.165, 1.54) is 0 Å². The largest absolute Gasteiger partial charge is 0.453 e. The van der Waals surface area contributed by atoms with Gasteiger partial charge in [-0.25, -0.2) is 0 Å². The Bertz CT molecular complexity index is 368. The standard InChI is InChI=1S/C13H21BrN2O2/c1-2-17-10-4-3-7-16(9-10)11(8-15)12-5-6-13(14)18-12/h5-6,10-11H,2-4,7-9,15H2,1H3. The third kappa shape index (κ3) is 3.35. The van der Waals surface area contributed by atoms with E-state index in [9.17, 15) is 0 Å². The third-order valence-electron chi connectivity index (χ3n) is 3.40. The van der Waals surface area contributed by atoms with Crippen LogP contribution in [0.25, 0.3) is 0 Å². The highest BCUT2D eigenvalue weighted by Gasteiger charge is 2.28. The number of nitrogens with two attached hydrogens (primary N) is 1. The molecule has 1 saturated heterocycles. The average molecular weight is 317 g/mol. The highest BCUT2D eigenvalue weighted by Crippen LogP contribution is 2.27. The average Bonchev–Trinajstić information content (AvgIpc) is 2.78. The predicted octanol–water partition coefficient (Wildman–Crippen LogP) is 2.54. The van der Waals surface area contributed by atoms with Gasteiger partial charge in [0.1, 0.15) is 5.76 Å². The molecule has 0 aromatic carbocycles. The molecule has 1 aromatic rings. The summed E-state index contributed by atoms with van der Waals surface area (Å²) in [4.78, 5) is 2.37. The van der Waals surface area contributed by atoms with Crippen LogP contribution in [0.5, 0.6) is 0 Å². The number of halogens is 1. The minimum atomic E-state index is 0.152. The zero-order chi connectivity index (χ0) is 13.0. The van der Waals surface area contributed by atoms with Gasteiger partial charge in [0.15, 0.2) is 4.67 Å². The zero-order valence-electron chi connectivity index (χ0n) is 10.8. The van der Waals surface area contributed by atoms with Crippen molar-refractivity contribution in [2.24, 2.45) is 5.73 Å². The van der Waals surface area contributed by atoms with Gasteiger partial charge < -0.3 is 14.9 Å². The molecular formula is C13H21BrN2O2. The molecular weight excluding hydrogens is 296 g/mol. The summed E-state index contributed by atoms with van der Waals surface area (Å²) in [5, 5.41) is 0. The molecule has 18 heavy (non-hydrogen) atoms. The molecule has 2 unspecified atom stereocenters. The van der Waals surface area contributed by atoms with Gasteiger partial charge in [-0.15, -0.1) is 0 Å². The van der Waals surface area contributed by atoms with Crippen LogP contribution in [-0.4, -0.2) is 37.2 Å². The first-order valence-corrected chi connectivity index (χ1v) is 7.34. The van der Waals surface area contributed by atoms with Crippen molar-refractivity contribution in [1.82, 2.24) is 4.90 Å². The molecule has 102 valence electrons. The quantitative estimate of drug-likeness (QED) is 0.907. The molecule has 2 heterocycles. The smallest absolute Gasteiger partial charge is 0.169 e. The second-order valence-corrected chi connectivity index (χ2v) is 5.39. The van der Waals surface area contributed by atoms with Crippen LogP contribution in [0.1, 0.15) is 31.6 Å². The normalized spacial score (nSPS) is 23.2. The Labute approximate surface area is 117 Å². The van der Waals surface area contributed by atoms with Crippen LogP contribution in [0.4, 0.5) is 0 Å². The van der Waals surface area contributed by atoms with E-state index in [1.54, 1.807) is 0 Å². The molecule has 0 radical (unpaired) electrons. The lowest BCUT2D eigenvalue weighted by Gasteiger charge is -2.36. The summed E-state index contributed by atoms with van der Waals surface area (Å²) < 4.78 is 12.1. The van der Waals surface area contributed by atoms with Gasteiger partial charge in [0, 0.05) is 19.7 Å². The van der Waals surface area contributed by atoms with Gasteiger partial charge >= 0.3 is 0 Å². The molecule has 2 atom stereocenters. The van der Waals surface area contributed by atoms with Crippen LogP contribution in [0.3, 0.4) is 0 Å². The summed E-state index contributed by atoms with van der Waals surface area (Å²) in [5.41, 5.74) is 5.91. The number of piperidine rings is 1. The van der Waals surface area contributed by atoms with Gasteiger partial charge in [0.25, 0.3) is 0 Å². The highest BCUT2D eigenvalue weighted by molar-refractivity contribution is 9.10. The minimum Gasteiger partial charge on any atom is -0.453 e. The van der Waals surface area contributed by atoms with Gasteiger partial charge in [0.05, 0.1) is 12.1 Å². The maximum Gasteiger partial charge on any atom is 0.169 e. The summed E-state index contributed by atoms with van der Waals surface area (Å²) in [6.07, 6.45) is 2.63. The van der Waals surface area contributed by atoms with Crippen LogP contribution in [-0.2, 0) is 4.74 Å². The SMILES string of the molecule is CCOC1CCCN(C(CN)c2ccc(Br)o2)C1. The zero-order valence-corrected chi connectivity index (χ0v) is 12.4. The van der Waals surface area contributed by atoms with Crippen LogP contribution in [0.2, 0.25) is 0 Å². The molecule has 2 N–H and O–H groups in total. The van der Waals surface area contributed by atoms with E-state index in [-0.39, 0.29) is 6.04 Å². The van der Waals surface area contributed by atoms with Crippen molar-refractivity contribution in [2.75, 3.05) is 26.2 Å². The van der Waals surface area contributed by atoms with E-state index >= 15 is 0 Å². The van der Waals surface area contributed by atoms with E-state index < -0.39 is 0 Å². The molecule has 1 aliphatic heterocycles. The van der Waals surface area contributed by atoms with Gasteiger partial charge in [-0.3, -0.25) is 4.90 Å². The summed E-state index contributed by atoms with van der Waals surface area (Å²) in [6.45, 7) is 5.39. The number of hydrogen-bond donors (Lipinski definition) is 1. The molecule has 0 saturated carbocycles. The molecule has 4 nitrogen and oxygen atoms in total. The fraction of sp³-hybridized carbons (Fsp3) is 0.692. The van der Waals surface area contributed by atoms with Crippen LogP contribution in [0.15, 0.2) is 21.2 Å². The maximum atomic E-state index is 5.91. The number of rotatable bonds is 5. The van der Waals surface area contributed by atoms with Crippen molar-refractivity contribution in [3.63, 3.8) is 0 Å². The van der Waals surface area contributed by atoms with Gasteiger partial charge in [-0.05, 0) is 54.4 Å². The van der Waals surface area contributed by atoms with E-state index in [0.717, 1.165) is 43.0 Å². The molecule has 0 bridgehead atoms. The lowest BCUT2D eigenvalue weighted by atomic mass is 10.0. The lowest BCUT2D eigenvalue weighted by molar-refractivity contribution is -0.00936. The number of nitrogens with zero attached hydrogens (tertiary/aromatic N) is 1. The Morgan fingerprint density at radius 2 is 2.44 bits per heavy atom. The predicted molar refractivity (Wildman–Crippen MR) is 74.4 cm³/mol. The van der Waals surface area contributed by atoms with Gasteiger partial charge in [-0.2, -0.15) is 0 Å². The van der Waals surface area contributed by atoms with Crippen molar-refractivity contribution in [2.45, 2.75) is 31.9 Å². The molecule has 0 aliphatic carbocycles. The molecule has 0 amide bonds. The van der Waals surface area contributed by atoms with Crippen LogP contribution in [0, 0.1) is 0 Å².